The zero-order valence-electron chi connectivity index (χ0n) is 31.7. The van der Waals surface area contributed by atoms with Crippen LogP contribution >= 0.6 is 0 Å². The lowest BCUT2D eigenvalue weighted by molar-refractivity contribution is -0.145. The van der Waals surface area contributed by atoms with Gasteiger partial charge in [0.25, 0.3) is 0 Å². The van der Waals surface area contributed by atoms with Gasteiger partial charge >= 0.3 is 23.9 Å². The number of carboxylic acids is 4. The number of nitrogens with two attached hydrogens (primary N) is 2. The van der Waals surface area contributed by atoms with Crippen LogP contribution in [0.5, 0.6) is 0 Å². The van der Waals surface area contributed by atoms with Gasteiger partial charge in [-0.15, -0.1) is 0 Å². The number of benzene rings is 2. The average Bonchev–Trinajstić information content (AvgIpc) is 3.58. The molecule has 1 heterocycles. The van der Waals surface area contributed by atoms with Crippen LogP contribution in [0.25, 0.3) is 10.9 Å². The number of carbonyl (C=O) groups is 9. The molecule has 0 bridgehead atoms. The number of unbranched alkanes of at least 4 members (excludes halogenated alkanes) is 1. The van der Waals surface area contributed by atoms with E-state index in [0.29, 0.717) is 34.9 Å². The summed E-state index contributed by atoms with van der Waals surface area (Å²) in [6, 6.07) is 5.18. The van der Waals surface area contributed by atoms with Crippen LogP contribution in [0, 0.1) is 0 Å². The Hall–Kier alpha value is -6.87. The summed E-state index contributed by atoms with van der Waals surface area (Å²) in [4.78, 5) is 117. The summed E-state index contributed by atoms with van der Waals surface area (Å²) in [5, 5.41) is 50.1. The average molecular weight is 825 g/mol. The van der Waals surface area contributed by atoms with Gasteiger partial charge in [0, 0.05) is 29.9 Å². The van der Waals surface area contributed by atoms with E-state index in [1.54, 1.807) is 60.8 Å². The van der Waals surface area contributed by atoms with Gasteiger partial charge in [0.2, 0.25) is 29.5 Å². The molecule has 3 rings (SSSR count). The van der Waals surface area contributed by atoms with Crippen molar-refractivity contribution >= 4 is 64.3 Å². The number of carboxylic acid groups (broad SMARTS) is 4. The highest BCUT2D eigenvalue weighted by molar-refractivity contribution is 5.99. The van der Waals surface area contributed by atoms with E-state index >= 15 is 0 Å². The van der Waals surface area contributed by atoms with E-state index in [1.165, 1.54) is 0 Å². The van der Waals surface area contributed by atoms with Crippen molar-refractivity contribution < 1.29 is 63.6 Å². The standard InChI is InChI=1S/C38H48N8O13/c39-13-7-6-12-25(42-33(53)23(40)16-30(47)48)34(54)43-26(15-21-19-41-24-11-5-4-10-22(21)24)35(55)44-27(17-31(49)50)36(56)45-28(18-32(51)52)37(57)46-29(38(58)59)14-20-8-2-1-3-9-20/h1-5,8-11,19,23,25-29,41H,6-7,12-18,39-40H2,(H,42,53)(H,43,54)(H,44,55)(H,45,56)(H,46,57)(H,47,48)(H,49,50)(H,51,52)(H,58,59)/t23-,25-,26-,27-,28-,29-/m0/s1. The minimum Gasteiger partial charge on any atom is -0.481 e. The van der Waals surface area contributed by atoms with Crippen molar-refractivity contribution in [2.75, 3.05) is 6.54 Å². The van der Waals surface area contributed by atoms with Crippen LogP contribution in [0.3, 0.4) is 0 Å². The number of aliphatic carboxylic acids is 4. The van der Waals surface area contributed by atoms with E-state index in [4.69, 9.17) is 16.6 Å². The summed E-state index contributed by atoms with van der Waals surface area (Å²) in [7, 11) is 0. The number of amides is 5. The molecule has 0 fully saturated rings. The van der Waals surface area contributed by atoms with Crippen LogP contribution in [-0.4, -0.2) is 122 Å². The van der Waals surface area contributed by atoms with Gasteiger partial charge in [-0.25, -0.2) is 4.79 Å². The second-order valence-corrected chi connectivity index (χ2v) is 13.6. The van der Waals surface area contributed by atoms with E-state index < -0.39 is 109 Å². The summed E-state index contributed by atoms with van der Waals surface area (Å²) in [5.41, 5.74) is 13.0. The van der Waals surface area contributed by atoms with Gasteiger partial charge in [0.15, 0.2) is 0 Å². The van der Waals surface area contributed by atoms with E-state index in [-0.39, 0.29) is 25.8 Å². The zero-order chi connectivity index (χ0) is 43.6. The predicted octanol–water partition coefficient (Wildman–Crippen LogP) is -1.66. The molecule has 0 aliphatic heterocycles. The molecular formula is C38H48N8O13. The maximum Gasteiger partial charge on any atom is 0.326 e. The maximum absolute atomic E-state index is 14.0. The molecule has 0 aliphatic carbocycles. The van der Waals surface area contributed by atoms with Crippen molar-refractivity contribution in [2.24, 2.45) is 11.5 Å². The molecule has 21 heteroatoms. The lowest BCUT2D eigenvalue weighted by atomic mass is 10.0. The smallest absolute Gasteiger partial charge is 0.326 e. The monoisotopic (exact) mass is 824 g/mol. The number of fused-ring (bicyclic) bond motifs is 1. The second-order valence-electron chi connectivity index (χ2n) is 13.6. The summed E-state index contributed by atoms with van der Waals surface area (Å²) in [6.07, 6.45) is -1.07. The van der Waals surface area contributed by atoms with E-state index in [2.05, 4.69) is 31.6 Å². The van der Waals surface area contributed by atoms with Crippen molar-refractivity contribution in [3.8, 4) is 0 Å². The Balaban J connectivity index is 1.91. The molecule has 59 heavy (non-hydrogen) atoms. The molecule has 0 saturated carbocycles. The number of hydrogen-bond donors (Lipinski definition) is 12. The Morgan fingerprint density at radius 1 is 0.559 bits per heavy atom. The molecule has 0 spiro atoms. The van der Waals surface area contributed by atoms with Gasteiger partial charge in [0.05, 0.1) is 25.3 Å². The molecule has 21 nitrogen and oxygen atoms in total. The van der Waals surface area contributed by atoms with E-state index in [1.807, 2.05) is 0 Å². The quantitative estimate of drug-likeness (QED) is 0.0426. The summed E-state index contributed by atoms with van der Waals surface area (Å²) in [5.74, 6) is -11.6. The molecule has 3 aromatic rings. The van der Waals surface area contributed by atoms with Gasteiger partial charge in [0.1, 0.15) is 30.2 Å². The van der Waals surface area contributed by atoms with Gasteiger partial charge in [-0.2, -0.15) is 0 Å². The number of aromatic nitrogens is 1. The number of para-hydroxylation sites is 1. The molecule has 5 amide bonds. The lowest BCUT2D eigenvalue weighted by Crippen LogP contribution is -2.60. The van der Waals surface area contributed by atoms with Gasteiger partial charge in [-0.3, -0.25) is 38.4 Å². The molecule has 318 valence electrons. The number of carbonyl (C=O) groups excluding carboxylic acids is 5. The normalized spacial score (nSPS) is 14.0. The number of nitrogens with one attached hydrogen (secondary N) is 6. The summed E-state index contributed by atoms with van der Waals surface area (Å²) < 4.78 is 0. The van der Waals surface area contributed by atoms with Crippen molar-refractivity contribution in [3.05, 3.63) is 71.9 Å². The molecule has 0 radical (unpaired) electrons. The van der Waals surface area contributed by atoms with Crippen LogP contribution in [0.4, 0.5) is 0 Å². The molecule has 0 saturated heterocycles. The first kappa shape index (κ1) is 46.5. The molecule has 1 aromatic heterocycles. The van der Waals surface area contributed by atoms with Crippen molar-refractivity contribution in [2.45, 2.75) is 87.6 Å². The van der Waals surface area contributed by atoms with Crippen LogP contribution in [0.2, 0.25) is 0 Å². The SMILES string of the molecule is NCCCC[C@H](NC(=O)[C@@H](N)CC(=O)O)C(=O)N[C@@H](Cc1c[nH]c2ccccc12)C(=O)N[C@@H](CC(=O)O)C(=O)N[C@@H](CC(=O)O)C(=O)N[C@@H](Cc1ccccc1)C(=O)O. The molecule has 2 aromatic carbocycles. The van der Waals surface area contributed by atoms with E-state index in [9.17, 15) is 58.5 Å². The van der Waals surface area contributed by atoms with Gasteiger partial charge in [-0.05, 0) is 43.0 Å². The second kappa shape index (κ2) is 22.8. The molecular weight excluding hydrogens is 776 g/mol. The third kappa shape index (κ3) is 15.2. The molecule has 14 N–H and O–H groups in total. The number of rotatable bonds is 25. The largest absolute Gasteiger partial charge is 0.481 e. The fourth-order valence-corrected chi connectivity index (χ4v) is 5.96. The van der Waals surface area contributed by atoms with Gasteiger partial charge < -0.3 is 63.5 Å². The topological polar surface area (TPSA) is 363 Å². The Kier molecular flexibility index (Phi) is 17.9. The highest BCUT2D eigenvalue weighted by atomic mass is 16.4. The molecule has 6 atom stereocenters. The molecule has 0 aliphatic rings. The minimum absolute atomic E-state index is 0.0127. The number of hydrogen-bond acceptors (Lipinski definition) is 11. The first-order chi connectivity index (χ1) is 28.0. The third-order valence-corrected chi connectivity index (χ3v) is 8.96. The number of H-pyrrole nitrogens is 1. The fourth-order valence-electron chi connectivity index (χ4n) is 5.96. The first-order valence-electron chi connectivity index (χ1n) is 18.4. The minimum atomic E-state index is -1.97. The number of aromatic amines is 1. The predicted molar refractivity (Wildman–Crippen MR) is 207 cm³/mol. The van der Waals surface area contributed by atoms with Crippen molar-refractivity contribution in [1.82, 2.24) is 31.6 Å². The third-order valence-electron chi connectivity index (χ3n) is 8.96. The summed E-state index contributed by atoms with van der Waals surface area (Å²) in [6.45, 7) is 0.238. The molecule has 0 unspecified atom stereocenters. The van der Waals surface area contributed by atoms with Crippen LogP contribution in [0.1, 0.15) is 49.7 Å². The van der Waals surface area contributed by atoms with E-state index in [0.717, 1.165) is 0 Å². The fraction of sp³-hybridized carbons (Fsp3) is 0.395. The maximum atomic E-state index is 14.0. The Morgan fingerprint density at radius 3 is 1.61 bits per heavy atom. The Morgan fingerprint density at radius 2 is 1.05 bits per heavy atom. The van der Waals surface area contributed by atoms with Gasteiger partial charge in [-0.1, -0.05) is 48.5 Å². The Labute approximate surface area is 336 Å². The summed E-state index contributed by atoms with van der Waals surface area (Å²) >= 11 is 0. The van der Waals surface area contributed by atoms with Crippen LogP contribution in [-0.2, 0) is 56.0 Å². The highest BCUT2D eigenvalue weighted by Gasteiger charge is 2.35. The zero-order valence-corrected chi connectivity index (χ0v) is 31.7. The highest BCUT2D eigenvalue weighted by Crippen LogP contribution is 2.20. The van der Waals surface area contributed by atoms with Crippen LogP contribution in [0.15, 0.2) is 60.8 Å². The van der Waals surface area contributed by atoms with Crippen molar-refractivity contribution in [3.63, 3.8) is 0 Å². The van der Waals surface area contributed by atoms with Crippen molar-refractivity contribution in [1.29, 1.82) is 0 Å². The van der Waals surface area contributed by atoms with Crippen LogP contribution < -0.4 is 38.1 Å². The first-order valence-corrected chi connectivity index (χ1v) is 18.4. The lowest BCUT2D eigenvalue weighted by Gasteiger charge is -2.26. The Bertz CT molecular complexity index is 1990.